The molecule has 0 spiro atoms. The highest BCUT2D eigenvalue weighted by molar-refractivity contribution is 5.79. The van der Waals surface area contributed by atoms with E-state index in [1.807, 2.05) is 24.4 Å². The van der Waals surface area contributed by atoms with Crippen LogP contribution in [0.4, 0.5) is 0 Å². The van der Waals surface area contributed by atoms with E-state index in [2.05, 4.69) is 26.5 Å². The van der Waals surface area contributed by atoms with Gasteiger partial charge in [0.05, 0.1) is 13.3 Å². The first-order valence-electron chi connectivity index (χ1n) is 10.4. The van der Waals surface area contributed by atoms with Crippen LogP contribution in [0.5, 0.6) is 5.75 Å². The van der Waals surface area contributed by atoms with E-state index in [0.717, 1.165) is 75.2 Å². The molecular weight excluding hydrogens is 352 g/mol. The van der Waals surface area contributed by atoms with E-state index in [1.54, 1.807) is 7.11 Å². The van der Waals surface area contributed by atoms with Gasteiger partial charge in [0.15, 0.2) is 0 Å². The maximum absolute atomic E-state index is 12.9. The molecular formula is C22H30N4O2. The van der Waals surface area contributed by atoms with Crippen molar-refractivity contribution >= 4 is 5.91 Å². The Kier molecular flexibility index (Phi) is 5.95. The fourth-order valence-corrected chi connectivity index (χ4v) is 4.54. The molecule has 2 fully saturated rings. The Labute approximate surface area is 166 Å². The predicted molar refractivity (Wildman–Crippen MR) is 109 cm³/mol. The molecule has 6 heteroatoms. The molecule has 2 N–H and O–H groups in total. The highest BCUT2D eigenvalue weighted by Crippen LogP contribution is 2.35. The zero-order chi connectivity index (χ0) is 19.3. The molecule has 28 heavy (non-hydrogen) atoms. The standard InChI is InChI=1S/C22H30N4O2/c1-28-19-6-2-4-18(14-19)20-15-24-25-21(20)16-8-12-26(13-9-16)22(27)17-5-3-10-23-11-7-17/h2,4,6,14-17,23H,3,5,7-13H2,1H3,(H,24,25). The van der Waals surface area contributed by atoms with Gasteiger partial charge in [-0.25, -0.2) is 0 Å². The van der Waals surface area contributed by atoms with E-state index in [4.69, 9.17) is 4.74 Å². The maximum atomic E-state index is 12.9. The highest BCUT2D eigenvalue weighted by atomic mass is 16.5. The number of nitrogens with zero attached hydrogens (tertiary/aromatic N) is 2. The normalized spacial score (nSPS) is 21.3. The molecule has 0 saturated carbocycles. The summed E-state index contributed by atoms with van der Waals surface area (Å²) in [4.78, 5) is 15.0. The van der Waals surface area contributed by atoms with Gasteiger partial charge < -0.3 is 15.0 Å². The van der Waals surface area contributed by atoms with Gasteiger partial charge in [-0.15, -0.1) is 0 Å². The number of likely N-dealkylation sites (tertiary alicyclic amines) is 1. The quantitative estimate of drug-likeness (QED) is 0.852. The fourth-order valence-electron chi connectivity index (χ4n) is 4.54. The molecule has 1 amide bonds. The van der Waals surface area contributed by atoms with E-state index in [1.165, 1.54) is 5.69 Å². The van der Waals surface area contributed by atoms with Crippen LogP contribution in [0.1, 0.15) is 43.7 Å². The lowest BCUT2D eigenvalue weighted by atomic mass is 9.88. The van der Waals surface area contributed by atoms with E-state index in [-0.39, 0.29) is 5.92 Å². The molecule has 2 saturated heterocycles. The monoisotopic (exact) mass is 382 g/mol. The van der Waals surface area contributed by atoms with Gasteiger partial charge in [0.1, 0.15) is 5.75 Å². The topological polar surface area (TPSA) is 70.2 Å². The summed E-state index contributed by atoms with van der Waals surface area (Å²) in [5.41, 5.74) is 3.44. The van der Waals surface area contributed by atoms with Crippen molar-refractivity contribution in [3.63, 3.8) is 0 Å². The van der Waals surface area contributed by atoms with Crippen LogP contribution in [0.2, 0.25) is 0 Å². The zero-order valence-corrected chi connectivity index (χ0v) is 16.6. The van der Waals surface area contributed by atoms with Crippen LogP contribution >= 0.6 is 0 Å². The van der Waals surface area contributed by atoms with E-state index >= 15 is 0 Å². The largest absolute Gasteiger partial charge is 0.497 e. The zero-order valence-electron chi connectivity index (χ0n) is 16.6. The van der Waals surface area contributed by atoms with Gasteiger partial charge in [-0.05, 0) is 62.9 Å². The van der Waals surface area contributed by atoms with E-state index < -0.39 is 0 Å². The van der Waals surface area contributed by atoms with Crippen molar-refractivity contribution < 1.29 is 9.53 Å². The summed E-state index contributed by atoms with van der Waals surface area (Å²) in [5, 5.41) is 10.9. The van der Waals surface area contributed by atoms with Crippen LogP contribution in [0.3, 0.4) is 0 Å². The lowest BCUT2D eigenvalue weighted by Gasteiger charge is -2.34. The van der Waals surface area contributed by atoms with Gasteiger partial charge in [0.2, 0.25) is 5.91 Å². The van der Waals surface area contributed by atoms with Crippen LogP contribution in [0.15, 0.2) is 30.5 Å². The fraction of sp³-hybridized carbons (Fsp3) is 0.545. The van der Waals surface area contributed by atoms with Crippen LogP contribution in [-0.4, -0.2) is 54.3 Å². The molecule has 1 aromatic carbocycles. The number of amides is 1. The van der Waals surface area contributed by atoms with Crippen molar-refractivity contribution in [2.24, 2.45) is 5.92 Å². The number of piperidine rings is 1. The SMILES string of the molecule is COc1cccc(-c2cn[nH]c2C2CCN(C(=O)C3CCCNCC3)CC2)c1. The summed E-state index contributed by atoms with van der Waals surface area (Å²) in [5.74, 6) is 1.82. The summed E-state index contributed by atoms with van der Waals surface area (Å²) in [6.45, 7) is 3.68. The van der Waals surface area contributed by atoms with Gasteiger partial charge in [0, 0.05) is 36.2 Å². The average Bonchev–Trinajstić information content (AvgIpc) is 3.08. The Bertz CT molecular complexity index is 787. The minimum atomic E-state index is 0.200. The van der Waals surface area contributed by atoms with Gasteiger partial charge >= 0.3 is 0 Å². The summed E-state index contributed by atoms with van der Waals surface area (Å²) in [7, 11) is 1.69. The lowest BCUT2D eigenvalue weighted by molar-refractivity contribution is -0.137. The van der Waals surface area contributed by atoms with Crippen molar-refractivity contribution in [3.05, 3.63) is 36.2 Å². The first-order valence-corrected chi connectivity index (χ1v) is 10.4. The Morgan fingerprint density at radius 1 is 1.18 bits per heavy atom. The lowest BCUT2D eigenvalue weighted by Crippen LogP contribution is -2.41. The number of H-pyrrole nitrogens is 1. The number of benzene rings is 1. The molecule has 4 rings (SSSR count). The Balaban J connectivity index is 1.42. The van der Waals surface area contributed by atoms with Crippen LogP contribution < -0.4 is 10.1 Å². The van der Waals surface area contributed by atoms with E-state index in [9.17, 15) is 4.79 Å². The molecule has 1 unspecified atom stereocenters. The van der Waals surface area contributed by atoms with Gasteiger partial charge in [-0.2, -0.15) is 5.10 Å². The number of hydrogen-bond donors (Lipinski definition) is 2. The second-order valence-electron chi connectivity index (χ2n) is 7.91. The molecule has 3 heterocycles. The van der Waals surface area contributed by atoms with Gasteiger partial charge in [0.25, 0.3) is 0 Å². The highest BCUT2D eigenvalue weighted by Gasteiger charge is 2.30. The molecule has 0 radical (unpaired) electrons. The Hall–Kier alpha value is -2.34. The number of hydrogen-bond acceptors (Lipinski definition) is 4. The van der Waals surface area contributed by atoms with Crippen molar-refractivity contribution in [3.8, 4) is 16.9 Å². The maximum Gasteiger partial charge on any atom is 0.225 e. The molecule has 0 bridgehead atoms. The number of ether oxygens (including phenoxy) is 1. The summed E-state index contributed by atoms with van der Waals surface area (Å²) < 4.78 is 5.37. The molecule has 0 aliphatic carbocycles. The average molecular weight is 383 g/mol. The second kappa shape index (κ2) is 8.78. The van der Waals surface area contributed by atoms with Crippen molar-refractivity contribution in [2.75, 3.05) is 33.3 Å². The number of methoxy groups -OCH3 is 1. The molecule has 2 aliphatic heterocycles. The molecule has 1 aromatic heterocycles. The number of carbonyl (C=O) groups excluding carboxylic acids is 1. The molecule has 2 aliphatic rings. The minimum absolute atomic E-state index is 0.200. The van der Waals surface area contributed by atoms with Crippen LogP contribution in [0, 0.1) is 5.92 Å². The minimum Gasteiger partial charge on any atom is -0.497 e. The van der Waals surface area contributed by atoms with Gasteiger partial charge in [-0.3, -0.25) is 9.89 Å². The van der Waals surface area contributed by atoms with Gasteiger partial charge in [-0.1, -0.05) is 12.1 Å². The van der Waals surface area contributed by atoms with Crippen molar-refractivity contribution in [2.45, 2.75) is 38.0 Å². The van der Waals surface area contributed by atoms with E-state index in [0.29, 0.717) is 11.8 Å². The predicted octanol–water partition coefficient (Wildman–Crippen LogP) is 3.18. The first kappa shape index (κ1) is 19.0. The summed E-state index contributed by atoms with van der Waals surface area (Å²) in [6.07, 6.45) is 6.96. The number of aromatic nitrogens is 2. The van der Waals surface area contributed by atoms with Crippen LogP contribution in [-0.2, 0) is 4.79 Å². The van der Waals surface area contributed by atoms with Crippen molar-refractivity contribution in [1.82, 2.24) is 20.4 Å². The first-order chi connectivity index (χ1) is 13.8. The number of aromatic amines is 1. The van der Waals surface area contributed by atoms with Crippen molar-refractivity contribution in [1.29, 1.82) is 0 Å². The third-order valence-electron chi connectivity index (χ3n) is 6.19. The third kappa shape index (κ3) is 4.07. The van der Waals surface area contributed by atoms with Crippen LogP contribution in [0.25, 0.3) is 11.1 Å². The summed E-state index contributed by atoms with van der Waals surface area (Å²) in [6, 6.07) is 8.10. The number of nitrogens with one attached hydrogen (secondary N) is 2. The summed E-state index contributed by atoms with van der Waals surface area (Å²) >= 11 is 0. The Morgan fingerprint density at radius 3 is 2.86 bits per heavy atom. The second-order valence-corrected chi connectivity index (χ2v) is 7.91. The molecule has 150 valence electrons. The Morgan fingerprint density at radius 2 is 2.04 bits per heavy atom. The molecule has 6 nitrogen and oxygen atoms in total. The number of rotatable bonds is 4. The molecule has 1 atom stereocenters. The molecule has 2 aromatic rings. The third-order valence-corrected chi connectivity index (χ3v) is 6.19. The number of carbonyl (C=O) groups is 1. The smallest absolute Gasteiger partial charge is 0.225 e.